The van der Waals surface area contributed by atoms with E-state index in [1.165, 1.54) is 23.8 Å². The van der Waals surface area contributed by atoms with Crippen molar-refractivity contribution in [2.75, 3.05) is 18.4 Å². The lowest BCUT2D eigenvalue weighted by atomic mass is 10.0. The van der Waals surface area contributed by atoms with Gasteiger partial charge in [-0.1, -0.05) is 42.5 Å². The van der Waals surface area contributed by atoms with Crippen LogP contribution in [0.4, 0.5) is 14.9 Å². The Hall–Kier alpha value is -2.73. The van der Waals surface area contributed by atoms with Crippen molar-refractivity contribution >= 4 is 17.6 Å². The molecular weight excluding hydrogens is 321 g/mol. The highest BCUT2D eigenvalue weighted by Gasteiger charge is 2.27. The Bertz CT molecular complexity index is 751. The summed E-state index contributed by atoms with van der Waals surface area (Å²) in [6.07, 6.45) is 1.99. The first-order chi connectivity index (χ1) is 12.1. The van der Waals surface area contributed by atoms with Gasteiger partial charge in [0.15, 0.2) is 0 Å². The van der Waals surface area contributed by atoms with Gasteiger partial charge in [-0.15, -0.1) is 0 Å². The number of imide groups is 1. The van der Waals surface area contributed by atoms with E-state index in [2.05, 4.69) is 15.5 Å². The number of likely N-dealkylation sites (tertiary alicyclic amines) is 1. The summed E-state index contributed by atoms with van der Waals surface area (Å²) in [5.41, 5.74) is 1.21. The average Bonchev–Trinajstić information content (AvgIpc) is 3.05. The van der Waals surface area contributed by atoms with E-state index in [4.69, 9.17) is 0 Å². The van der Waals surface area contributed by atoms with Gasteiger partial charge in [0.05, 0.1) is 12.2 Å². The summed E-state index contributed by atoms with van der Waals surface area (Å²) in [6.45, 7) is 0.937. The average molecular weight is 341 g/mol. The summed E-state index contributed by atoms with van der Waals surface area (Å²) < 4.78 is 13.5. The summed E-state index contributed by atoms with van der Waals surface area (Å²) in [5.74, 6) is -0.953. The van der Waals surface area contributed by atoms with Crippen molar-refractivity contribution in [1.29, 1.82) is 0 Å². The standard InChI is InChI=1S/C19H20FN3O2/c20-15-9-4-5-10-16(15)21-19(25)22-18(24)13-23-12-6-11-17(23)14-7-2-1-3-8-14/h1-5,7-10,17H,6,11-13H2,(H2,21,22,24,25). The molecule has 1 aliphatic rings. The van der Waals surface area contributed by atoms with Gasteiger partial charge in [-0.05, 0) is 37.1 Å². The molecule has 0 saturated carbocycles. The first-order valence-electron chi connectivity index (χ1n) is 8.28. The molecule has 2 aromatic rings. The maximum absolute atomic E-state index is 13.5. The number of hydrogen-bond donors (Lipinski definition) is 2. The molecule has 3 amide bonds. The summed E-state index contributed by atoms with van der Waals surface area (Å²) in [6, 6.07) is 15.3. The third-order valence-electron chi connectivity index (χ3n) is 4.27. The van der Waals surface area contributed by atoms with Gasteiger partial charge in [0.1, 0.15) is 5.82 Å². The molecule has 0 aromatic heterocycles. The van der Waals surface area contributed by atoms with Crippen molar-refractivity contribution in [1.82, 2.24) is 10.2 Å². The molecule has 0 bridgehead atoms. The number of urea groups is 1. The fourth-order valence-corrected chi connectivity index (χ4v) is 3.13. The molecule has 1 saturated heterocycles. The van der Waals surface area contributed by atoms with E-state index in [0.29, 0.717) is 0 Å². The van der Waals surface area contributed by atoms with Crippen LogP contribution in [0, 0.1) is 5.82 Å². The SMILES string of the molecule is O=C(CN1CCCC1c1ccccc1)NC(=O)Nc1ccccc1F. The molecule has 5 nitrogen and oxygen atoms in total. The van der Waals surface area contributed by atoms with E-state index in [1.54, 1.807) is 6.07 Å². The maximum atomic E-state index is 13.5. The molecule has 0 aliphatic carbocycles. The highest BCUT2D eigenvalue weighted by atomic mass is 19.1. The molecule has 3 rings (SSSR count). The van der Waals surface area contributed by atoms with Gasteiger partial charge in [-0.3, -0.25) is 15.0 Å². The van der Waals surface area contributed by atoms with Crippen LogP contribution in [-0.2, 0) is 4.79 Å². The molecule has 1 heterocycles. The van der Waals surface area contributed by atoms with Crippen LogP contribution >= 0.6 is 0 Å². The Labute approximate surface area is 145 Å². The van der Waals surface area contributed by atoms with Crippen LogP contribution < -0.4 is 10.6 Å². The van der Waals surface area contributed by atoms with Crippen molar-refractivity contribution in [3.8, 4) is 0 Å². The Morgan fingerprint density at radius 3 is 2.56 bits per heavy atom. The molecule has 0 radical (unpaired) electrons. The Morgan fingerprint density at radius 1 is 1.08 bits per heavy atom. The van der Waals surface area contributed by atoms with Crippen molar-refractivity contribution in [2.24, 2.45) is 0 Å². The van der Waals surface area contributed by atoms with Crippen molar-refractivity contribution in [3.63, 3.8) is 0 Å². The first-order valence-corrected chi connectivity index (χ1v) is 8.28. The Kier molecular flexibility index (Phi) is 5.40. The number of amides is 3. The fourth-order valence-electron chi connectivity index (χ4n) is 3.13. The van der Waals surface area contributed by atoms with Crippen LogP contribution in [0.5, 0.6) is 0 Å². The number of nitrogens with one attached hydrogen (secondary N) is 2. The molecule has 1 aliphatic heterocycles. The minimum absolute atomic E-state index is 0.0381. The minimum Gasteiger partial charge on any atom is -0.305 e. The maximum Gasteiger partial charge on any atom is 0.326 e. The molecule has 6 heteroatoms. The van der Waals surface area contributed by atoms with Gasteiger partial charge < -0.3 is 5.32 Å². The smallest absolute Gasteiger partial charge is 0.305 e. The van der Waals surface area contributed by atoms with E-state index in [0.717, 1.165) is 19.4 Å². The predicted molar refractivity (Wildman–Crippen MR) is 93.6 cm³/mol. The zero-order chi connectivity index (χ0) is 17.6. The fraction of sp³-hybridized carbons (Fsp3) is 0.263. The summed E-state index contributed by atoms with van der Waals surface area (Å²) in [5, 5.41) is 4.60. The summed E-state index contributed by atoms with van der Waals surface area (Å²) in [7, 11) is 0. The van der Waals surface area contributed by atoms with E-state index >= 15 is 0 Å². The minimum atomic E-state index is -0.731. The van der Waals surface area contributed by atoms with Crippen molar-refractivity contribution in [3.05, 3.63) is 66.0 Å². The lowest BCUT2D eigenvalue weighted by molar-refractivity contribution is -0.121. The first kappa shape index (κ1) is 17.1. The zero-order valence-electron chi connectivity index (χ0n) is 13.7. The third kappa shape index (κ3) is 4.42. The van der Waals surface area contributed by atoms with Gasteiger partial charge in [0.2, 0.25) is 5.91 Å². The quantitative estimate of drug-likeness (QED) is 0.897. The third-order valence-corrected chi connectivity index (χ3v) is 4.27. The second kappa shape index (κ2) is 7.90. The molecule has 2 aromatic carbocycles. The van der Waals surface area contributed by atoms with E-state index in [9.17, 15) is 14.0 Å². The number of nitrogens with zero attached hydrogens (tertiary/aromatic N) is 1. The summed E-state index contributed by atoms with van der Waals surface area (Å²) in [4.78, 5) is 26.1. The van der Waals surface area contributed by atoms with E-state index in [1.807, 2.05) is 30.3 Å². The van der Waals surface area contributed by atoms with E-state index < -0.39 is 17.8 Å². The molecule has 1 fully saturated rings. The van der Waals surface area contributed by atoms with Crippen molar-refractivity contribution in [2.45, 2.75) is 18.9 Å². The number of anilines is 1. The highest BCUT2D eigenvalue weighted by Crippen LogP contribution is 2.31. The molecule has 1 atom stereocenters. The molecule has 0 spiro atoms. The topological polar surface area (TPSA) is 61.4 Å². The van der Waals surface area contributed by atoms with Crippen LogP contribution in [0.3, 0.4) is 0 Å². The largest absolute Gasteiger partial charge is 0.326 e. The number of carbonyl (C=O) groups excluding carboxylic acids is 2. The zero-order valence-corrected chi connectivity index (χ0v) is 13.7. The van der Waals surface area contributed by atoms with Crippen LogP contribution in [-0.4, -0.2) is 29.9 Å². The number of carbonyl (C=O) groups is 2. The lowest BCUT2D eigenvalue weighted by Crippen LogP contribution is -2.41. The summed E-state index contributed by atoms with van der Waals surface area (Å²) >= 11 is 0. The second-order valence-electron chi connectivity index (χ2n) is 6.02. The Balaban J connectivity index is 1.55. The van der Waals surface area contributed by atoms with Gasteiger partial charge in [0, 0.05) is 6.04 Å². The van der Waals surface area contributed by atoms with Gasteiger partial charge in [-0.25, -0.2) is 9.18 Å². The van der Waals surface area contributed by atoms with Crippen LogP contribution in [0.25, 0.3) is 0 Å². The monoisotopic (exact) mass is 341 g/mol. The van der Waals surface area contributed by atoms with Crippen molar-refractivity contribution < 1.29 is 14.0 Å². The van der Waals surface area contributed by atoms with Gasteiger partial charge in [0.25, 0.3) is 0 Å². The number of para-hydroxylation sites is 1. The van der Waals surface area contributed by atoms with Crippen LogP contribution in [0.15, 0.2) is 54.6 Å². The lowest BCUT2D eigenvalue weighted by Gasteiger charge is -2.24. The highest BCUT2D eigenvalue weighted by molar-refractivity contribution is 6.01. The number of benzene rings is 2. The number of rotatable bonds is 4. The van der Waals surface area contributed by atoms with Crippen LogP contribution in [0.2, 0.25) is 0 Å². The molecule has 130 valence electrons. The van der Waals surface area contributed by atoms with E-state index in [-0.39, 0.29) is 18.3 Å². The second-order valence-corrected chi connectivity index (χ2v) is 6.02. The predicted octanol–water partition coefficient (Wildman–Crippen LogP) is 3.31. The number of hydrogen-bond acceptors (Lipinski definition) is 3. The molecule has 25 heavy (non-hydrogen) atoms. The molecule has 2 N–H and O–H groups in total. The molecule has 1 unspecified atom stereocenters. The van der Waals surface area contributed by atoms with Gasteiger partial charge >= 0.3 is 6.03 Å². The van der Waals surface area contributed by atoms with Crippen LogP contribution in [0.1, 0.15) is 24.4 Å². The Morgan fingerprint density at radius 2 is 1.80 bits per heavy atom. The van der Waals surface area contributed by atoms with Gasteiger partial charge in [-0.2, -0.15) is 0 Å². The normalized spacial score (nSPS) is 17.2. The number of halogens is 1. The molecular formula is C19H20FN3O2.